The molecule has 0 bridgehead atoms. The summed E-state index contributed by atoms with van der Waals surface area (Å²) in [6, 6.07) is 23.1. The van der Waals surface area contributed by atoms with Gasteiger partial charge in [0.05, 0.1) is 23.1 Å². The highest BCUT2D eigenvalue weighted by Gasteiger charge is 2.15. The molecule has 8 heteroatoms. The van der Waals surface area contributed by atoms with E-state index in [4.69, 9.17) is 0 Å². The molecule has 0 atom stereocenters. The Morgan fingerprint density at radius 2 is 1.50 bits per heavy atom. The highest BCUT2D eigenvalue weighted by Crippen LogP contribution is 2.34. The fourth-order valence-electron chi connectivity index (χ4n) is 5.00. The largest absolute Gasteiger partial charge is 0.352 e. The summed E-state index contributed by atoms with van der Waals surface area (Å²) in [5.41, 5.74) is 9.30. The van der Waals surface area contributed by atoms with Crippen LogP contribution in [0.3, 0.4) is 0 Å². The van der Waals surface area contributed by atoms with Crippen LogP contribution in [0.2, 0.25) is 0 Å². The zero-order valence-corrected chi connectivity index (χ0v) is 21.4. The summed E-state index contributed by atoms with van der Waals surface area (Å²) in [5.74, 6) is -0.268. The molecule has 0 spiro atoms. The van der Waals surface area contributed by atoms with Crippen LogP contribution in [-0.2, 0) is 13.1 Å². The number of H-pyrrole nitrogens is 2. The van der Waals surface area contributed by atoms with E-state index in [1.54, 1.807) is 24.5 Å². The number of nitrogens with zero attached hydrogens (tertiary/aromatic N) is 4. The Morgan fingerprint density at radius 3 is 2.38 bits per heavy atom. The predicted octanol–water partition coefficient (Wildman–Crippen LogP) is 6.66. The van der Waals surface area contributed by atoms with Crippen molar-refractivity contribution in [1.29, 1.82) is 0 Å². The van der Waals surface area contributed by atoms with Crippen LogP contribution in [0.4, 0.5) is 4.39 Å². The van der Waals surface area contributed by atoms with Crippen molar-refractivity contribution in [2.45, 2.75) is 13.1 Å². The third-order valence-electron chi connectivity index (χ3n) is 7.01. The summed E-state index contributed by atoms with van der Waals surface area (Å²) in [7, 11) is 0. The molecule has 0 aliphatic carbocycles. The molecule has 7 aromatic rings. The Labute approximate surface area is 229 Å². The zero-order chi connectivity index (χ0) is 26.9. The highest BCUT2D eigenvalue weighted by atomic mass is 19.1. The summed E-state index contributed by atoms with van der Waals surface area (Å²) in [5, 5.41) is 13.0. The van der Waals surface area contributed by atoms with Crippen molar-refractivity contribution in [3.63, 3.8) is 0 Å². The fourth-order valence-corrected chi connectivity index (χ4v) is 5.00. The monoisotopic (exact) mass is 525 g/mol. The van der Waals surface area contributed by atoms with Gasteiger partial charge >= 0.3 is 0 Å². The molecule has 0 aliphatic rings. The normalized spacial score (nSPS) is 11.4. The van der Waals surface area contributed by atoms with Gasteiger partial charge in [0.1, 0.15) is 5.82 Å². The summed E-state index contributed by atoms with van der Waals surface area (Å²) in [4.78, 5) is 16.9. The average Bonchev–Trinajstić information content (AvgIpc) is 3.62. The quantitative estimate of drug-likeness (QED) is 0.216. The second-order valence-corrected chi connectivity index (χ2v) is 9.70. The van der Waals surface area contributed by atoms with Gasteiger partial charge in [-0.3, -0.25) is 15.1 Å². The van der Waals surface area contributed by atoms with Crippen LogP contribution in [0.5, 0.6) is 0 Å². The van der Waals surface area contributed by atoms with Crippen LogP contribution in [0.1, 0.15) is 11.1 Å². The summed E-state index contributed by atoms with van der Waals surface area (Å²) >= 11 is 0. The topological polar surface area (TPSA) is 95.2 Å². The number of pyridine rings is 3. The second-order valence-electron chi connectivity index (χ2n) is 9.70. The molecular formula is C32H24FN7. The van der Waals surface area contributed by atoms with E-state index in [9.17, 15) is 4.39 Å². The Morgan fingerprint density at radius 1 is 0.700 bits per heavy atom. The maximum absolute atomic E-state index is 13.5. The molecule has 0 saturated heterocycles. The first-order chi connectivity index (χ1) is 19.7. The number of hydrogen-bond acceptors (Lipinski definition) is 5. The van der Waals surface area contributed by atoms with Crippen molar-refractivity contribution in [2.75, 3.05) is 0 Å². The van der Waals surface area contributed by atoms with Gasteiger partial charge in [-0.1, -0.05) is 42.5 Å². The third kappa shape index (κ3) is 4.61. The second kappa shape index (κ2) is 10.2. The Balaban J connectivity index is 1.20. The van der Waals surface area contributed by atoms with Gasteiger partial charge in [-0.25, -0.2) is 9.37 Å². The van der Waals surface area contributed by atoms with E-state index in [2.05, 4.69) is 65.8 Å². The van der Waals surface area contributed by atoms with Gasteiger partial charge < -0.3 is 10.3 Å². The minimum absolute atomic E-state index is 0.268. The molecule has 3 N–H and O–H groups in total. The first kappa shape index (κ1) is 23.9. The lowest BCUT2D eigenvalue weighted by atomic mass is 10.0. The minimum atomic E-state index is -0.268. The highest BCUT2D eigenvalue weighted by molar-refractivity contribution is 6.00. The van der Waals surface area contributed by atoms with E-state index >= 15 is 0 Å². The van der Waals surface area contributed by atoms with Crippen molar-refractivity contribution in [2.24, 2.45) is 0 Å². The summed E-state index contributed by atoms with van der Waals surface area (Å²) < 4.78 is 13.5. The van der Waals surface area contributed by atoms with E-state index in [0.717, 1.165) is 62.0 Å². The predicted molar refractivity (Wildman–Crippen MR) is 155 cm³/mol. The number of aromatic amines is 2. The lowest BCUT2D eigenvalue weighted by Gasteiger charge is -2.07. The molecule has 2 aromatic carbocycles. The fraction of sp³-hybridized carbons (Fsp3) is 0.0625. The average molecular weight is 526 g/mol. The number of halogens is 1. The SMILES string of the molecule is Fc1ccc(-c2cncc3[nH]c(-c4[nH]nc5ncc(-c6cncc(CNCc7ccccc7)c6)cc45)cc23)cc1. The number of rotatable bonds is 7. The van der Waals surface area contributed by atoms with Gasteiger partial charge in [0.15, 0.2) is 5.65 Å². The molecular weight excluding hydrogens is 501 g/mol. The lowest BCUT2D eigenvalue weighted by Crippen LogP contribution is -2.12. The Hall–Kier alpha value is -5.21. The number of hydrogen-bond donors (Lipinski definition) is 3. The van der Waals surface area contributed by atoms with E-state index in [1.807, 2.05) is 36.8 Å². The first-order valence-corrected chi connectivity index (χ1v) is 13.0. The molecule has 0 radical (unpaired) electrons. The Kier molecular flexibility index (Phi) is 6.07. The minimum Gasteiger partial charge on any atom is -0.352 e. The molecule has 7 nitrogen and oxygen atoms in total. The zero-order valence-electron chi connectivity index (χ0n) is 21.4. The molecule has 0 aliphatic heterocycles. The van der Waals surface area contributed by atoms with Crippen LogP contribution < -0.4 is 5.32 Å². The van der Waals surface area contributed by atoms with Gasteiger partial charge in [-0.05, 0) is 47.0 Å². The summed E-state index contributed by atoms with van der Waals surface area (Å²) in [6.45, 7) is 1.50. The molecule has 194 valence electrons. The number of fused-ring (bicyclic) bond motifs is 2. The van der Waals surface area contributed by atoms with Crippen LogP contribution in [-0.4, -0.2) is 30.1 Å². The van der Waals surface area contributed by atoms with Gasteiger partial charge in [-0.2, -0.15) is 5.10 Å². The summed E-state index contributed by atoms with van der Waals surface area (Å²) in [6.07, 6.45) is 9.15. The molecule has 7 rings (SSSR count). The van der Waals surface area contributed by atoms with Crippen molar-refractivity contribution in [3.8, 4) is 33.6 Å². The van der Waals surface area contributed by atoms with Gasteiger partial charge in [0, 0.05) is 65.3 Å². The van der Waals surface area contributed by atoms with Crippen molar-refractivity contribution in [3.05, 3.63) is 121 Å². The molecule has 0 amide bonds. The smallest absolute Gasteiger partial charge is 0.181 e. The van der Waals surface area contributed by atoms with Gasteiger partial charge in [0.2, 0.25) is 0 Å². The molecule has 5 aromatic heterocycles. The lowest BCUT2D eigenvalue weighted by molar-refractivity contribution is 0.628. The van der Waals surface area contributed by atoms with Gasteiger partial charge in [-0.15, -0.1) is 0 Å². The number of benzene rings is 2. The van der Waals surface area contributed by atoms with E-state index in [-0.39, 0.29) is 5.82 Å². The first-order valence-electron chi connectivity index (χ1n) is 13.0. The maximum Gasteiger partial charge on any atom is 0.181 e. The maximum atomic E-state index is 13.5. The number of nitrogens with one attached hydrogen (secondary N) is 3. The van der Waals surface area contributed by atoms with Crippen LogP contribution >= 0.6 is 0 Å². The standard InChI is InChI=1S/C32H24FN7/c33-25-8-6-22(7-9-25)28-18-36-19-30-26(28)12-29(38-30)31-27-11-24(17-37-32(27)40-39-31)23-10-21(15-35-16-23)14-34-13-20-4-2-1-3-5-20/h1-12,15-19,34,38H,13-14H2,(H,37,39,40). The molecule has 40 heavy (non-hydrogen) atoms. The van der Waals surface area contributed by atoms with Crippen LogP contribution in [0.15, 0.2) is 104 Å². The van der Waals surface area contributed by atoms with E-state index < -0.39 is 0 Å². The van der Waals surface area contributed by atoms with Crippen molar-refractivity contribution < 1.29 is 4.39 Å². The van der Waals surface area contributed by atoms with E-state index in [1.165, 1.54) is 17.7 Å². The van der Waals surface area contributed by atoms with Gasteiger partial charge in [0.25, 0.3) is 0 Å². The third-order valence-corrected chi connectivity index (χ3v) is 7.01. The van der Waals surface area contributed by atoms with Crippen LogP contribution in [0, 0.1) is 5.82 Å². The molecule has 0 saturated carbocycles. The van der Waals surface area contributed by atoms with E-state index in [0.29, 0.717) is 12.2 Å². The Bertz CT molecular complexity index is 1940. The number of aromatic nitrogens is 6. The van der Waals surface area contributed by atoms with Crippen LogP contribution in [0.25, 0.3) is 55.6 Å². The van der Waals surface area contributed by atoms with Crippen molar-refractivity contribution >= 4 is 21.9 Å². The molecule has 0 fully saturated rings. The van der Waals surface area contributed by atoms with Crippen molar-refractivity contribution in [1.82, 2.24) is 35.5 Å². The molecule has 5 heterocycles. The molecule has 0 unspecified atom stereocenters.